The van der Waals surface area contributed by atoms with E-state index in [1.807, 2.05) is 20.8 Å². The number of H-pyrrole nitrogens is 1. The molecule has 1 aromatic rings. The third-order valence-electron chi connectivity index (χ3n) is 2.53. The molecule has 7 heteroatoms. The van der Waals surface area contributed by atoms with Crippen LogP contribution in [0.4, 0.5) is 0 Å². The lowest BCUT2D eigenvalue weighted by atomic mass is 10.4. The number of aryl methyl sites for hydroxylation is 1. The Morgan fingerprint density at radius 1 is 1.35 bits per heavy atom. The summed E-state index contributed by atoms with van der Waals surface area (Å²) in [5.41, 5.74) is 1.00. The van der Waals surface area contributed by atoms with E-state index in [0.29, 0.717) is 18.9 Å². The lowest BCUT2D eigenvalue weighted by Crippen LogP contribution is -2.40. The van der Waals surface area contributed by atoms with Gasteiger partial charge in [-0.1, -0.05) is 20.8 Å². The highest BCUT2D eigenvalue weighted by molar-refractivity contribution is 7.87. The molecule has 17 heavy (non-hydrogen) atoms. The fourth-order valence-electron chi connectivity index (χ4n) is 1.49. The maximum absolute atomic E-state index is 11.8. The normalized spacial score (nSPS) is 12.2. The van der Waals surface area contributed by atoms with Gasteiger partial charge in [0.2, 0.25) is 0 Å². The molecule has 0 aliphatic rings. The van der Waals surface area contributed by atoms with Crippen molar-refractivity contribution >= 4 is 10.2 Å². The average molecular weight is 260 g/mol. The number of hydrogen-bond donors (Lipinski definition) is 2. The fraction of sp³-hybridized carbons (Fsp3) is 0.700. The van der Waals surface area contributed by atoms with E-state index in [-0.39, 0.29) is 6.54 Å². The first-order valence-corrected chi connectivity index (χ1v) is 7.25. The van der Waals surface area contributed by atoms with Gasteiger partial charge >= 0.3 is 0 Å². The molecule has 1 rings (SSSR count). The molecule has 0 radical (unpaired) electrons. The zero-order chi connectivity index (χ0) is 12.9. The molecule has 6 nitrogen and oxygen atoms in total. The van der Waals surface area contributed by atoms with Gasteiger partial charge in [0.05, 0.1) is 6.54 Å². The van der Waals surface area contributed by atoms with E-state index in [9.17, 15) is 8.42 Å². The van der Waals surface area contributed by atoms with Gasteiger partial charge in [0, 0.05) is 25.0 Å². The molecule has 0 atom stereocenters. The highest BCUT2D eigenvalue weighted by Crippen LogP contribution is 2.01. The van der Waals surface area contributed by atoms with Gasteiger partial charge in [-0.25, -0.2) is 4.98 Å². The standard InChI is InChI=1S/C10H20N4O2S/c1-4-9-7-11-10(13-9)8-12-17(15,16)14(5-2)6-3/h7,12H,4-6,8H2,1-3H3,(H,11,13). The Labute approximate surface area is 103 Å². The van der Waals surface area contributed by atoms with Crippen LogP contribution in [0, 0.1) is 0 Å². The van der Waals surface area contributed by atoms with Gasteiger partial charge in [-0.3, -0.25) is 0 Å². The Kier molecular flexibility index (Phi) is 5.10. The van der Waals surface area contributed by atoms with E-state index in [4.69, 9.17) is 0 Å². The highest BCUT2D eigenvalue weighted by atomic mass is 32.2. The van der Waals surface area contributed by atoms with Gasteiger partial charge in [-0.2, -0.15) is 17.4 Å². The van der Waals surface area contributed by atoms with E-state index in [1.54, 1.807) is 6.20 Å². The lowest BCUT2D eigenvalue weighted by Gasteiger charge is -2.18. The van der Waals surface area contributed by atoms with Crippen molar-refractivity contribution in [2.45, 2.75) is 33.7 Å². The summed E-state index contributed by atoms with van der Waals surface area (Å²) >= 11 is 0. The first-order valence-electron chi connectivity index (χ1n) is 5.80. The average Bonchev–Trinajstić information content (AvgIpc) is 2.75. The van der Waals surface area contributed by atoms with Crippen molar-refractivity contribution in [3.05, 3.63) is 17.7 Å². The Morgan fingerprint density at radius 3 is 2.47 bits per heavy atom. The third kappa shape index (κ3) is 3.79. The minimum absolute atomic E-state index is 0.193. The molecule has 0 unspecified atom stereocenters. The lowest BCUT2D eigenvalue weighted by molar-refractivity contribution is 0.434. The number of aromatic nitrogens is 2. The molecule has 2 N–H and O–H groups in total. The summed E-state index contributed by atoms with van der Waals surface area (Å²) in [6.45, 7) is 6.75. The van der Waals surface area contributed by atoms with Gasteiger partial charge in [0.1, 0.15) is 5.82 Å². The molecular weight excluding hydrogens is 240 g/mol. The Bertz CT molecular complexity index is 437. The summed E-state index contributed by atoms with van der Waals surface area (Å²) in [6.07, 6.45) is 2.58. The van der Waals surface area contributed by atoms with Crippen molar-refractivity contribution < 1.29 is 8.42 Å². The fourth-order valence-corrected chi connectivity index (χ4v) is 2.67. The molecule has 0 bridgehead atoms. The van der Waals surface area contributed by atoms with Crippen LogP contribution in [0.3, 0.4) is 0 Å². The number of aromatic amines is 1. The van der Waals surface area contributed by atoms with Crippen LogP contribution >= 0.6 is 0 Å². The minimum atomic E-state index is -3.39. The monoisotopic (exact) mass is 260 g/mol. The second kappa shape index (κ2) is 6.13. The van der Waals surface area contributed by atoms with Crippen LogP contribution in [0.5, 0.6) is 0 Å². The quantitative estimate of drug-likeness (QED) is 0.755. The molecule has 98 valence electrons. The zero-order valence-corrected chi connectivity index (χ0v) is 11.3. The van der Waals surface area contributed by atoms with Crippen LogP contribution < -0.4 is 4.72 Å². The van der Waals surface area contributed by atoms with Crippen LogP contribution in [0.25, 0.3) is 0 Å². The number of hydrogen-bond acceptors (Lipinski definition) is 3. The van der Waals surface area contributed by atoms with Gasteiger partial charge in [-0.05, 0) is 6.42 Å². The van der Waals surface area contributed by atoms with Crippen LogP contribution in [0.15, 0.2) is 6.20 Å². The second-order valence-corrected chi connectivity index (χ2v) is 5.37. The zero-order valence-electron chi connectivity index (χ0n) is 10.5. The molecular formula is C10H20N4O2S. The first kappa shape index (κ1) is 14.1. The molecule has 0 fully saturated rings. The van der Waals surface area contributed by atoms with E-state index in [0.717, 1.165) is 12.1 Å². The molecule has 0 aliphatic carbocycles. The number of rotatable bonds is 7. The van der Waals surface area contributed by atoms with Crippen molar-refractivity contribution in [2.24, 2.45) is 0 Å². The number of nitrogens with one attached hydrogen (secondary N) is 2. The molecule has 0 amide bonds. The van der Waals surface area contributed by atoms with Crippen molar-refractivity contribution in [1.82, 2.24) is 19.0 Å². The van der Waals surface area contributed by atoms with Crippen molar-refractivity contribution in [3.63, 3.8) is 0 Å². The van der Waals surface area contributed by atoms with E-state index in [1.165, 1.54) is 4.31 Å². The Balaban J connectivity index is 2.60. The molecule has 1 aromatic heterocycles. The smallest absolute Gasteiger partial charge is 0.279 e. The molecule has 0 aromatic carbocycles. The minimum Gasteiger partial charge on any atom is -0.345 e. The summed E-state index contributed by atoms with van der Waals surface area (Å²) in [7, 11) is -3.39. The molecule has 0 saturated carbocycles. The summed E-state index contributed by atoms with van der Waals surface area (Å²) in [5.74, 6) is 0.637. The maximum Gasteiger partial charge on any atom is 0.279 e. The SMILES string of the molecule is CCc1cnc(CNS(=O)(=O)N(CC)CC)[nH]1. The van der Waals surface area contributed by atoms with Crippen molar-refractivity contribution in [1.29, 1.82) is 0 Å². The second-order valence-electron chi connectivity index (χ2n) is 3.62. The summed E-state index contributed by atoms with van der Waals surface area (Å²) in [6, 6.07) is 0. The van der Waals surface area contributed by atoms with Gasteiger partial charge < -0.3 is 4.98 Å². The highest BCUT2D eigenvalue weighted by Gasteiger charge is 2.18. The topological polar surface area (TPSA) is 78.1 Å². The first-order chi connectivity index (χ1) is 8.03. The van der Waals surface area contributed by atoms with Crippen LogP contribution in [0.2, 0.25) is 0 Å². The number of imidazole rings is 1. The van der Waals surface area contributed by atoms with Crippen LogP contribution in [-0.2, 0) is 23.2 Å². The summed E-state index contributed by atoms with van der Waals surface area (Å²) in [5, 5.41) is 0. The maximum atomic E-state index is 11.8. The van der Waals surface area contributed by atoms with E-state index >= 15 is 0 Å². The van der Waals surface area contributed by atoms with Gasteiger partial charge in [0.25, 0.3) is 10.2 Å². The molecule has 1 heterocycles. The predicted octanol–water partition coefficient (Wildman–Crippen LogP) is 0.648. The summed E-state index contributed by atoms with van der Waals surface area (Å²) in [4.78, 5) is 7.15. The van der Waals surface area contributed by atoms with Crippen molar-refractivity contribution in [2.75, 3.05) is 13.1 Å². The number of nitrogens with zero attached hydrogens (tertiary/aromatic N) is 2. The van der Waals surface area contributed by atoms with Crippen LogP contribution in [-0.4, -0.2) is 35.8 Å². The van der Waals surface area contributed by atoms with Gasteiger partial charge in [0.15, 0.2) is 0 Å². The van der Waals surface area contributed by atoms with E-state index in [2.05, 4.69) is 14.7 Å². The predicted molar refractivity (Wildman–Crippen MR) is 66.6 cm³/mol. The molecule has 0 aliphatic heterocycles. The van der Waals surface area contributed by atoms with Crippen molar-refractivity contribution in [3.8, 4) is 0 Å². The van der Waals surface area contributed by atoms with E-state index < -0.39 is 10.2 Å². The third-order valence-corrected chi connectivity index (χ3v) is 4.23. The molecule has 0 spiro atoms. The Hall–Kier alpha value is -0.920. The van der Waals surface area contributed by atoms with Gasteiger partial charge in [-0.15, -0.1) is 0 Å². The molecule has 0 saturated heterocycles. The summed E-state index contributed by atoms with van der Waals surface area (Å²) < 4.78 is 27.5. The largest absolute Gasteiger partial charge is 0.345 e. The Morgan fingerprint density at radius 2 is 2.00 bits per heavy atom. The van der Waals surface area contributed by atoms with Crippen LogP contribution in [0.1, 0.15) is 32.3 Å².